The Morgan fingerprint density at radius 1 is 1.29 bits per heavy atom. The summed E-state index contributed by atoms with van der Waals surface area (Å²) in [6.07, 6.45) is 0. The van der Waals surface area contributed by atoms with Gasteiger partial charge in [-0.25, -0.2) is 0 Å². The van der Waals surface area contributed by atoms with Gasteiger partial charge in [0.2, 0.25) is 0 Å². The van der Waals surface area contributed by atoms with Crippen molar-refractivity contribution >= 4 is 0 Å². The quantitative estimate of drug-likeness (QED) is 0.538. The zero-order valence-electron chi connectivity index (χ0n) is 5.31. The van der Waals surface area contributed by atoms with Gasteiger partial charge in [0.05, 0.1) is 0 Å². The van der Waals surface area contributed by atoms with E-state index in [0.717, 1.165) is 0 Å². The minimum Gasteiger partial charge on any atom is -0.358 e. The molecule has 2 radical (unpaired) electrons. The number of rotatable bonds is 0. The second kappa shape index (κ2) is 15.6. The van der Waals surface area contributed by atoms with Gasteiger partial charge in [-0.15, -0.1) is 0 Å². The Morgan fingerprint density at radius 3 is 1.29 bits per heavy atom. The molecule has 0 bridgehead atoms. The third-order valence-electron chi connectivity index (χ3n) is 0. The standard InChI is InChI=1S/C4H9.CH3.V.Y/c1-4(2)3;;;/h4H,1H2,2-3H3;1H3;;/q2*-1;;. The Kier molecular flexibility index (Phi) is 52.2. The predicted octanol–water partition coefficient (Wildman–Crippen LogP) is 1.92. The second-order valence-corrected chi connectivity index (χ2v) is 1.39. The van der Waals surface area contributed by atoms with E-state index in [4.69, 9.17) is 0 Å². The van der Waals surface area contributed by atoms with E-state index in [2.05, 4.69) is 20.8 Å². The number of hydrogen-bond donors (Lipinski definition) is 0. The van der Waals surface area contributed by atoms with Gasteiger partial charge in [0.1, 0.15) is 0 Å². The summed E-state index contributed by atoms with van der Waals surface area (Å²) in [6, 6.07) is 0. The minimum absolute atomic E-state index is 0. The largest absolute Gasteiger partial charge is 0.358 e. The molecule has 0 saturated heterocycles. The van der Waals surface area contributed by atoms with Gasteiger partial charge in [0.15, 0.2) is 0 Å². The van der Waals surface area contributed by atoms with E-state index >= 15 is 0 Å². The maximum atomic E-state index is 3.64. The second-order valence-electron chi connectivity index (χ2n) is 1.39. The van der Waals surface area contributed by atoms with Crippen molar-refractivity contribution < 1.29 is 51.3 Å². The van der Waals surface area contributed by atoms with E-state index in [0.29, 0.717) is 5.92 Å². The number of hydrogen-bond acceptors (Lipinski definition) is 0. The van der Waals surface area contributed by atoms with Gasteiger partial charge in [-0.1, -0.05) is 13.8 Å². The molecule has 42 valence electrons. The zero-order chi connectivity index (χ0) is 3.58. The summed E-state index contributed by atoms with van der Waals surface area (Å²) in [6.45, 7) is 7.75. The van der Waals surface area contributed by atoms with Gasteiger partial charge < -0.3 is 14.4 Å². The first-order chi connectivity index (χ1) is 1.73. The fourth-order valence-corrected chi connectivity index (χ4v) is 0. The van der Waals surface area contributed by atoms with Crippen LogP contribution in [-0.2, 0) is 51.3 Å². The first kappa shape index (κ1) is 23.4. The Labute approximate surface area is 84.6 Å². The van der Waals surface area contributed by atoms with Crippen LogP contribution in [0.1, 0.15) is 13.8 Å². The van der Waals surface area contributed by atoms with Crippen molar-refractivity contribution in [2.75, 3.05) is 0 Å². The van der Waals surface area contributed by atoms with Gasteiger partial charge in [-0.05, 0) is 0 Å². The molecule has 0 atom stereocenters. The molecule has 0 N–H and O–H groups in total. The Bertz CT molecular complexity index is 12.8. The predicted molar refractivity (Wildman–Crippen MR) is 26.6 cm³/mol. The van der Waals surface area contributed by atoms with Crippen molar-refractivity contribution in [3.8, 4) is 0 Å². The Morgan fingerprint density at radius 2 is 1.29 bits per heavy atom. The van der Waals surface area contributed by atoms with Gasteiger partial charge in [-0.2, -0.15) is 5.92 Å². The molecule has 0 aromatic rings. The van der Waals surface area contributed by atoms with Crippen LogP contribution in [0.4, 0.5) is 0 Å². The van der Waals surface area contributed by atoms with E-state index in [1.807, 2.05) is 0 Å². The van der Waals surface area contributed by atoms with E-state index in [9.17, 15) is 0 Å². The molecule has 0 rings (SSSR count). The fourth-order valence-electron chi connectivity index (χ4n) is 0. The molecule has 0 aliphatic heterocycles. The molecule has 0 fully saturated rings. The van der Waals surface area contributed by atoms with Crippen LogP contribution in [-0.4, -0.2) is 0 Å². The van der Waals surface area contributed by atoms with Gasteiger partial charge in [0, 0.05) is 51.3 Å². The third-order valence-corrected chi connectivity index (χ3v) is 0. The molecule has 7 heavy (non-hydrogen) atoms. The first-order valence-corrected chi connectivity index (χ1v) is 1.56. The SMILES string of the molecule is [CH2-]C(C)C.[CH3-].[V].[Y]. The van der Waals surface area contributed by atoms with Crippen molar-refractivity contribution in [2.45, 2.75) is 13.8 Å². The zero-order valence-corrected chi connectivity index (χ0v) is 9.54. The molecule has 0 aliphatic rings. The van der Waals surface area contributed by atoms with Crippen LogP contribution in [0.15, 0.2) is 0 Å². The molecule has 0 spiro atoms. The van der Waals surface area contributed by atoms with Gasteiger partial charge in [-0.3, -0.25) is 0 Å². The minimum atomic E-state index is 0. The van der Waals surface area contributed by atoms with Crippen LogP contribution < -0.4 is 0 Å². The van der Waals surface area contributed by atoms with Crippen molar-refractivity contribution in [3.63, 3.8) is 0 Å². The van der Waals surface area contributed by atoms with E-state index in [1.165, 1.54) is 0 Å². The molecule has 0 aromatic carbocycles. The molecule has 0 unspecified atom stereocenters. The van der Waals surface area contributed by atoms with Crippen LogP contribution >= 0.6 is 0 Å². The average molecular weight is 212 g/mol. The van der Waals surface area contributed by atoms with Crippen LogP contribution in [0.2, 0.25) is 0 Å². The molecule has 0 heterocycles. The van der Waals surface area contributed by atoms with Gasteiger partial charge >= 0.3 is 0 Å². The summed E-state index contributed by atoms with van der Waals surface area (Å²) in [5.74, 6) is 0.583. The smallest absolute Gasteiger partial charge is 0 e. The molecular weight excluding hydrogens is 200 g/mol. The van der Waals surface area contributed by atoms with Crippen molar-refractivity contribution in [2.24, 2.45) is 5.92 Å². The summed E-state index contributed by atoms with van der Waals surface area (Å²) in [7, 11) is 0. The summed E-state index contributed by atoms with van der Waals surface area (Å²) in [4.78, 5) is 0. The van der Waals surface area contributed by atoms with Crippen molar-refractivity contribution in [1.82, 2.24) is 0 Å². The third kappa shape index (κ3) is 87.3. The first-order valence-electron chi connectivity index (χ1n) is 1.56. The normalized spacial score (nSPS) is 5.14. The maximum absolute atomic E-state index is 3.64. The molecule has 0 saturated carbocycles. The Hall–Kier alpha value is 1.69. The van der Waals surface area contributed by atoms with Crippen molar-refractivity contribution in [3.05, 3.63) is 14.4 Å². The van der Waals surface area contributed by atoms with E-state index in [1.54, 1.807) is 0 Å². The summed E-state index contributed by atoms with van der Waals surface area (Å²) in [5, 5.41) is 0. The van der Waals surface area contributed by atoms with Crippen LogP contribution in [0.25, 0.3) is 0 Å². The van der Waals surface area contributed by atoms with E-state index < -0.39 is 0 Å². The molecule has 0 aliphatic carbocycles. The van der Waals surface area contributed by atoms with Crippen LogP contribution in [0.3, 0.4) is 0 Å². The fraction of sp³-hybridized carbons (Fsp3) is 0.600. The molecule has 0 aromatic heterocycles. The summed E-state index contributed by atoms with van der Waals surface area (Å²) >= 11 is 0. The monoisotopic (exact) mass is 212 g/mol. The molecule has 2 heteroatoms. The van der Waals surface area contributed by atoms with Crippen LogP contribution in [0, 0.1) is 20.3 Å². The Balaban J connectivity index is -0.0000000150. The topological polar surface area (TPSA) is 0 Å². The van der Waals surface area contributed by atoms with Crippen molar-refractivity contribution in [1.29, 1.82) is 0 Å². The summed E-state index contributed by atoms with van der Waals surface area (Å²) < 4.78 is 0. The van der Waals surface area contributed by atoms with E-state index in [-0.39, 0.29) is 58.7 Å². The van der Waals surface area contributed by atoms with Gasteiger partial charge in [0.25, 0.3) is 0 Å². The van der Waals surface area contributed by atoms with Crippen LogP contribution in [0.5, 0.6) is 0 Å². The molecular formula is C5H12VY-2. The maximum Gasteiger partial charge on any atom is 0 e. The summed E-state index contributed by atoms with van der Waals surface area (Å²) in [5.41, 5.74) is 0. The molecule has 0 nitrogen and oxygen atoms in total. The molecule has 0 amide bonds. The average Bonchev–Trinajstić information content (AvgIpc) is 0.811.